The van der Waals surface area contributed by atoms with Gasteiger partial charge in [0.15, 0.2) is 0 Å². The fourth-order valence-corrected chi connectivity index (χ4v) is 6.85. The van der Waals surface area contributed by atoms with Crippen molar-refractivity contribution in [2.75, 3.05) is 0 Å². The van der Waals surface area contributed by atoms with Crippen molar-refractivity contribution in [2.45, 2.75) is 44.2 Å². The Morgan fingerprint density at radius 2 is 1.63 bits per heavy atom. The molecule has 9 rings (SSSR count). The molecule has 0 saturated heterocycles. The molecule has 0 unspecified atom stereocenters. The van der Waals surface area contributed by atoms with Crippen molar-refractivity contribution in [3.8, 4) is 17.3 Å². The number of hydrogen-bond donors (Lipinski definition) is 0. The smallest absolute Gasteiger partial charge is 0.514 e. The number of para-hydroxylation sites is 1. The molecule has 3 heterocycles. The van der Waals surface area contributed by atoms with Crippen molar-refractivity contribution < 1.29 is 30.5 Å². The van der Waals surface area contributed by atoms with Crippen molar-refractivity contribution in [2.24, 2.45) is 4.99 Å². The summed E-state index contributed by atoms with van der Waals surface area (Å²) in [4.78, 5) is 10.1. The van der Waals surface area contributed by atoms with Crippen LogP contribution in [0, 0.1) is 12.1 Å². The van der Waals surface area contributed by atoms with Gasteiger partial charge in [-0.15, -0.1) is 35.7 Å². The standard InChI is InChI=1S/C37H27N3O2.Pt/c1-3-12-28-24(9-1)21-34-36(28)39-37(42-34)25-10-7-11-26(20-25)41-27-17-18-30-29-13-4-6-15-32(29)40(33(30)22-27)35-19-16-23-8-2-5-14-31(23)38-35;/h1,3-4,6-7,9-13,15-19,34,36H,2,5,8,14,21H2;/q-2;+2/t34-,36+;/m1./s1. The molecule has 2 atom stereocenters. The molecule has 212 valence electrons. The Morgan fingerprint density at radius 1 is 0.767 bits per heavy atom. The van der Waals surface area contributed by atoms with Gasteiger partial charge in [-0.25, -0.2) is 4.98 Å². The van der Waals surface area contributed by atoms with E-state index in [0.717, 1.165) is 47.1 Å². The van der Waals surface area contributed by atoms with Gasteiger partial charge in [0.2, 0.25) is 0 Å². The van der Waals surface area contributed by atoms with Crippen molar-refractivity contribution in [3.63, 3.8) is 0 Å². The van der Waals surface area contributed by atoms with E-state index in [9.17, 15) is 0 Å². The van der Waals surface area contributed by atoms with Gasteiger partial charge < -0.3 is 14.0 Å². The molecule has 2 aromatic heterocycles. The fraction of sp³-hybridized carbons (Fsp3) is 0.189. The monoisotopic (exact) mass is 740 g/mol. The first-order valence-corrected chi connectivity index (χ1v) is 14.8. The fourth-order valence-electron chi connectivity index (χ4n) is 6.85. The number of ether oxygens (including phenoxy) is 2. The minimum absolute atomic E-state index is 0. The molecule has 2 aliphatic carbocycles. The zero-order valence-corrected chi connectivity index (χ0v) is 25.6. The molecule has 0 bridgehead atoms. The summed E-state index contributed by atoms with van der Waals surface area (Å²) in [5.41, 5.74) is 8.03. The summed E-state index contributed by atoms with van der Waals surface area (Å²) in [6.07, 6.45) is 5.51. The van der Waals surface area contributed by atoms with Gasteiger partial charge in [0.25, 0.3) is 0 Å². The summed E-state index contributed by atoms with van der Waals surface area (Å²) in [6, 6.07) is 38.3. The van der Waals surface area contributed by atoms with Gasteiger partial charge in [0.1, 0.15) is 23.9 Å². The first-order chi connectivity index (χ1) is 20.8. The maximum absolute atomic E-state index is 6.36. The first kappa shape index (κ1) is 26.4. The van der Waals surface area contributed by atoms with Crippen LogP contribution in [-0.4, -0.2) is 21.6 Å². The number of hydrogen-bond acceptors (Lipinski definition) is 4. The van der Waals surface area contributed by atoms with Crippen LogP contribution in [0.25, 0.3) is 27.6 Å². The average Bonchev–Trinajstić information content (AvgIpc) is 3.70. The Kier molecular flexibility index (Phi) is 6.45. The predicted octanol–water partition coefficient (Wildman–Crippen LogP) is 7.89. The minimum atomic E-state index is 0. The van der Waals surface area contributed by atoms with E-state index >= 15 is 0 Å². The zero-order valence-electron chi connectivity index (χ0n) is 23.3. The number of fused-ring (bicyclic) bond motifs is 7. The Balaban J connectivity index is 0.00000278. The molecule has 3 aliphatic rings. The van der Waals surface area contributed by atoms with Gasteiger partial charge in [-0.05, 0) is 59.9 Å². The Bertz CT molecular complexity index is 2060. The second-order valence-corrected chi connectivity index (χ2v) is 11.4. The molecule has 0 amide bonds. The Hall–Kier alpha value is -4.21. The quantitative estimate of drug-likeness (QED) is 0.173. The van der Waals surface area contributed by atoms with Gasteiger partial charge >= 0.3 is 21.1 Å². The number of benzene rings is 4. The molecule has 0 N–H and O–H groups in total. The number of aliphatic imine (C=N–C) groups is 1. The number of rotatable bonds is 4. The molecule has 43 heavy (non-hydrogen) atoms. The summed E-state index contributed by atoms with van der Waals surface area (Å²) in [7, 11) is 0. The number of aromatic nitrogens is 2. The molecule has 6 heteroatoms. The van der Waals surface area contributed by atoms with E-state index in [2.05, 4.69) is 83.4 Å². The summed E-state index contributed by atoms with van der Waals surface area (Å²) < 4.78 is 14.9. The normalized spacial score (nSPS) is 18.4. The molecule has 6 aromatic rings. The van der Waals surface area contributed by atoms with Crippen LogP contribution in [0.15, 0.2) is 96.0 Å². The van der Waals surface area contributed by atoms with Crippen LogP contribution in [-0.2, 0) is 45.1 Å². The van der Waals surface area contributed by atoms with Crippen molar-refractivity contribution in [1.29, 1.82) is 0 Å². The molecular weight excluding hydrogens is 714 g/mol. The van der Waals surface area contributed by atoms with Crippen molar-refractivity contribution >= 4 is 27.7 Å². The summed E-state index contributed by atoms with van der Waals surface area (Å²) in [5, 5.41) is 2.29. The molecule has 5 nitrogen and oxygen atoms in total. The van der Waals surface area contributed by atoms with Crippen LogP contribution in [0.3, 0.4) is 0 Å². The molecular formula is C37H27N3O2Pt. The van der Waals surface area contributed by atoms with E-state index in [1.54, 1.807) is 0 Å². The Morgan fingerprint density at radius 3 is 2.60 bits per heavy atom. The summed E-state index contributed by atoms with van der Waals surface area (Å²) >= 11 is 0. The molecule has 0 radical (unpaired) electrons. The maximum atomic E-state index is 6.36. The third-order valence-electron chi connectivity index (χ3n) is 8.83. The van der Waals surface area contributed by atoms with Gasteiger partial charge in [-0.2, -0.15) is 6.07 Å². The predicted molar refractivity (Wildman–Crippen MR) is 164 cm³/mol. The number of pyridine rings is 1. The van der Waals surface area contributed by atoms with Crippen LogP contribution >= 0.6 is 0 Å². The molecule has 0 saturated carbocycles. The largest absolute Gasteiger partial charge is 2.00 e. The van der Waals surface area contributed by atoms with E-state index in [-0.39, 0.29) is 33.2 Å². The Labute approximate surface area is 264 Å². The van der Waals surface area contributed by atoms with Crippen LogP contribution in [0.4, 0.5) is 0 Å². The third kappa shape index (κ3) is 4.41. The van der Waals surface area contributed by atoms with Gasteiger partial charge in [0, 0.05) is 29.1 Å². The van der Waals surface area contributed by atoms with Crippen molar-refractivity contribution in [1.82, 2.24) is 9.55 Å². The van der Waals surface area contributed by atoms with Gasteiger partial charge in [0.05, 0.1) is 0 Å². The van der Waals surface area contributed by atoms with E-state index in [0.29, 0.717) is 17.4 Å². The molecule has 0 fully saturated rings. The van der Waals surface area contributed by atoms with E-state index in [1.807, 2.05) is 24.3 Å². The number of aryl methyl sites for hydroxylation is 2. The number of nitrogens with zero attached hydrogens (tertiary/aromatic N) is 3. The average molecular weight is 741 g/mol. The van der Waals surface area contributed by atoms with E-state index in [4.69, 9.17) is 19.5 Å². The van der Waals surface area contributed by atoms with Gasteiger partial charge in [-0.1, -0.05) is 65.7 Å². The van der Waals surface area contributed by atoms with Crippen molar-refractivity contribution in [3.05, 3.63) is 131 Å². The molecule has 1 aliphatic heterocycles. The maximum Gasteiger partial charge on any atom is 2.00 e. The van der Waals surface area contributed by atoms with Crippen LogP contribution in [0.2, 0.25) is 0 Å². The molecule has 0 spiro atoms. The molecule has 4 aromatic carbocycles. The third-order valence-corrected chi connectivity index (χ3v) is 8.83. The van der Waals surface area contributed by atoms with E-state index in [1.165, 1.54) is 40.6 Å². The second kappa shape index (κ2) is 10.5. The first-order valence-electron chi connectivity index (χ1n) is 14.8. The zero-order chi connectivity index (χ0) is 27.6. The van der Waals surface area contributed by atoms with Crippen LogP contribution in [0.1, 0.15) is 46.8 Å². The van der Waals surface area contributed by atoms with E-state index < -0.39 is 0 Å². The topological polar surface area (TPSA) is 48.6 Å². The second-order valence-electron chi connectivity index (χ2n) is 11.4. The minimum Gasteiger partial charge on any atom is -0.514 e. The summed E-state index contributed by atoms with van der Waals surface area (Å²) in [5.74, 6) is 2.77. The SMILES string of the molecule is [Pt+2].[c-]1c(Oc2[c-]c3c(cc2)c2ccccc2n3-c2ccc3c(n2)CCCC3)cccc1C1=N[C@H]2c3ccccc3C[C@H]2O1. The van der Waals surface area contributed by atoms with Crippen LogP contribution in [0.5, 0.6) is 11.5 Å². The van der Waals surface area contributed by atoms with Crippen LogP contribution < -0.4 is 4.74 Å². The summed E-state index contributed by atoms with van der Waals surface area (Å²) in [6.45, 7) is 0. The van der Waals surface area contributed by atoms with Gasteiger partial charge in [-0.3, -0.25) is 4.99 Å².